The van der Waals surface area contributed by atoms with Crippen molar-refractivity contribution in [2.45, 2.75) is 59.8 Å². The number of nitrogens with one attached hydrogen (secondary N) is 1. The summed E-state index contributed by atoms with van der Waals surface area (Å²) in [7, 11) is 0. The van der Waals surface area contributed by atoms with Crippen LogP contribution in [0.25, 0.3) is 0 Å². The van der Waals surface area contributed by atoms with Crippen LogP contribution < -0.4 is 0 Å². The topological polar surface area (TPSA) is 23.9 Å². The second-order valence-corrected chi connectivity index (χ2v) is 3.76. The quantitative estimate of drug-likeness (QED) is 0.581. The third kappa shape index (κ3) is 2.62. The van der Waals surface area contributed by atoms with Gasteiger partial charge in [0.1, 0.15) is 0 Å². The molecule has 0 aliphatic heterocycles. The van der Waals surface area contributed by atoms with Gasteiger partial charge in [0.05, 0.1) is 0 Å². The van der Waals surface area contributed by atoms with Crippen molar-refractivity contribution in [3.05, 3.63) is 0 Å². The van der Waals surface area contributed by atoms with E-state index in [0.29, 0.717) is 0 Å². The van der Waals surface area contributed by atoms with Gasteiger partial charge in [0.15, 0.2) is 0 Å². The monoisotopic (exact) mass is 169 g/mol. The zero-order valence-electron chi connectivity index (χ0n) is 9.04. The summed E-state index contributed by atoms with van der Waals surface area (Å²) < 4.78 is 0. The molecule has 0 aromatic heterocycles. The Hall–Kier alpha value is -0.330. The molecular weight excluding hydrogens is 146 g/mol. The van der Waals surface area contributed by atoms with Crippen LogP contribution in [0.3, 0.4) is 0 Å². The van der Waals surface area contributed by atoms with Crippen molar-refractivity contribution in [3.63, 3.8) is 0 Å². The molecule has 0 fully saturated rings. The summed E-state index contributed by atoms with van der Waals surface area (Å²) in [5.74, 6) is 0. The van der Waals surface area contributed by atoms with Crippen molar-refractivity contribution in [2.24, 2.45) is 5.41 Å². The number of hydrogen-bond donors (Lipinski definition) is 1. The Morgan fingerprint density at radius 2 is 1.50 bits per heavy atom. The molecule has 1 nitrogen and oxygen atoms in total. The Labute approximate surface area is 77.1 Å². The average molecular weight is 169 g/mol. The zero-order chi connectivity index (χ0) is 9.61. The molecule has 0 saturated heterocycles. The van der Waals surface area contributed by atoms with Gasteiger partial charge in [0.2, 0.25) is 0 Å². The Morgan fingerprint density at radius 1 is 1.08 bits per heavy atom. The van der Waals surface area contributed by atoms with Crippen LogP contribution in [0.2, 0.25) is 0 Å². The standard InChI is InChI=1S/C11H23N/c1-5-8-11(7-3,9-6-2)10(4)12/h12H,5-9H2,1-4H3. The van der Waals surface area contributed by atoms with Crippen molar-refractivity contribution in [1.29, 1.82) is 5.41 Å². The highest BCUT2D eigenvalue weighted by Gasteiger charge is 2.28. The first-order valence-corrected chi connectivity index (χ1v) is 5.18. The van der Waals surface area contributed by atoms with Gasteiger partial charge in [0.25, 0.3) is 0 Å². The molecule has 72 valence electrons. The van der Waals surface area contributed by atoms with Crippen LogP contribution >= 0.6 is 0 Å². The molecule has 0 atom stereocenters. The van der Waals surface area contributed by atoms with Crippen LogP contribution in [-0.4, -0.2) is 5.71 Å². The lowest BCUT2D eigenvalue weighted by Crippen LogP contribution is -2.27. The first-order valence-electron chi connectivity index (χ1n) is 5.18. The third-order valence-corrected chi connectivity index (χ3v) is 2.93. The van der Waals surface area contributed by atoms with Gasteiger partial charge in [0, 0.05) is 11.1 Å². The molecule has 0 heterocycles. The lowest BCUT2D eigenvalue weighted by molar-refractivity contribution is 0.332. The maximum Gasteiger partial charge on any atom is 0.0120 e. The SMILES string of the molecule is CCCC(CC)(CCC)C(C)=N. The van der Waals surface area contributed by atoms with E-state index in [-0.39, 0.29) is 5.41 Å². The summed E-state index contributed by atoms with van der Waals surface area (Å²) in [4.78, 5) is 0. The summed E-state index contributed by atoms with van der Waals surface area (Å²) in [5.41, 5.74) is 1.11. The summed E-state index contributed by atoms with van der Waals surface area (Å²) in [6.07, 6.45) is 5.90. The second kappa shape index (κ2) is 5.34. The molecule has 12 heavy (non-hydrogen) atoms. The molecule has 0 amide bonds. The summed E-state index contributed by atoms with van der Waals surface area (Å²) in [6.45, 7) is 8.60. The average Bonchev–Trinajstić information content (AvgIpc) is 2.03. The maximum atomic E-state index is 7.81. The highest BCUT2D eigenvalue weighted by atomic mass is 14.5. The molecule has 0 radical (unpaired) electrons. The van der Waals surface area contributed by atoms with Crippen LogP contribution in [0.1, 0.15) is 59.8 Å². The van der Waals surface area contributed by atoms with Gasteiger partial charge in [-0.05, 0) is 26.2 Å². The first kappa shape index (κ1) is 11.7. The summed E-state index contributed by atoms with van der Waals surface area (Å²) >= 11 is 0. The smallest absolute Gasteiger partial charge is 0.0120 e. The highest BCUT2D eigenvalue weighted by molar-refractivity contribution is 5.84. The fourth-order valence-corrected chi connectivity index (χ4v) is 2.08. The minimum Gasteiger partial charge on any atom is -0.309 e. The van der Waals surface area contributed by atoms with E-state index in [4.69, 9.17) is 5.41 Å². The molecule has 0 rings (SSSR count). The second-order valence-electron chi connectivity index (χ2n) is 3.76. The van der Waals surface area contributed by atoms with Gasteiger partial charge in [-0.15, -0.1) is 0 Å². The predicted molar refractivity (Wildman–Crippen MR) is 55.9 cm³/mol. The van der Waals surface area contributed by atoms with Gasteiger partial charge >= 0.3 is 0 Å². The Morgan fingerprint density at radius 3 is 1.67 bits per heavy atom. The van der Waals surface area contributed by atoms with Crippen LogP contribution in [0.15, 0.2) is 0 Å². The molecule has 0 unspecified atom stereocenters. The van der Waals surface area contributed by atoms with Crippen molar-refractivity contribution in [1.82, 2.24) is 0 Å². The highest BCUT2D eigenvalue weighted by Crippen LogP contribution is 2.34. The summed E-state index contributed by atoms with van der Waals surface area (Å²) in [6, 6.07) is 0. The largest absolute Gasteiger partial charge is 0.309 e. The Kier molecular flexibility index (Phi) is 5.19. The molecule has 0 aromatic rings. The lowest BCUT2D eigenvalue weighted by Gasteiger charge is -2.31. The van der Waals surface area contributed by atoms with Gasteiger partial charge in [-0.25, -0.2) is 0 Å². The molecule has 0 aliphatic rings. The van der Waals surface area contributed by atoms with E-state index in [1.54, 1.807) is 0 Å². The normalized spacial score (nSPS) is 11.7. The van der Waals surface area contributed by atoms with Crippen molar-refractivity contribution in [2.75, 3.05) is 0 Å². The first-order chi connectivity index (χ1) is 5.63. The van der Waals surface area contributed by atoms with E-state index < -0.39 is 0 Å². The van der Waals surface area contributed by atoms with E-state index in [0.717, 1.165) is 12.1 Å². The van der Waals surface area contributed by atoms with E-state index in [9.17, 15) is 0 Å². The molecule has 0 bridgehead atoms. The predicted octanol–water partition coefficient (Wildman–Crippen LogP) is 4.02. The third-order valence-electron chi connectivity index (χ3n) is 2.93. The number of rotatable bonds is 6. The Balaban J connectivity index is 4.39. The molecule has 0 aromatic carbocycles. The van der Waals surface area contributed by atoms with E-state index >= 15 is 0 Å². The summed E-state index contributed by atoms with van der Waals surface area (Å²) in [5, 5.41) is 7.81. The van der Waals surface area contributed by atoms with Gasteiger partial charge in [-0.2, -0.15) is 0 Å². The zero-order valence-corrected chi connectivity index (χ0v) is 9.04. The fraction of sp³-hybridized carbons (Fsp3) is 0.909. The fourth-order valence-electron chi connectivity index (χ4n) is 2.08. The van der Waals surface area contributed by atoms with Crippen LogP contribution in [0, 0.1) is 10.8 Å². The molecule has 0 spiro atoms. The van der Waals surface area contributed by atoms with E-state index in [2.05, 4.69) is 20.8 Å². The van der Waals surface area contributed by atoms with Crippen molar-refractivity contribution >= 4 is 5.71 Å². The van der Waals surface area contributed by atoms with E-state index in [1.165, 1.54) is 25.7 Å². The minimum atomic E-state index is 0.226. The Bertz CT molecular complexity index is 132. The maximum absolute atomic E-state index is 7.81. The van der Waals surface area contributed by atoms with Crippen LogP contribution in [0.5, 0.6) is 0 Å². The van der Waals surface area contributed by atoms with Crippen LogP contribution in [-0.2, 0) is 0 Å². The molecule has 1 N–H and O–H groups in total. The van der Waals surface area contributed by atoms with Gasteiger partial charge in [-0.3, -0.25) is 0 Å². The lowest BCUT2D eigenvalue weighted by atomic mass is 9.73. The van der Waals surface area contributed by atoms with Crippen molar-refractivity contribution < 1.29 is 0 Å². The minimum absolute atomic E-state index is 0.226. The van der Waals surface area contributed by atoms with Crippen molar-refractivity contribution in [3.8, 4) is 0 Å². The molecule has 0 saturated carbocycles. The molecule has 1 heteroatoms. The van der Waals surface area contributed by atoms with Gasteiger partial charge < -0.3 is 5.41 Å². The van der Waals surface area contributed by atoms with Gasteiger partial charge in [-0.1, -0.05) is 33.6 Å². The number of hydrogen-bond acceptors (Lipinski definition) is 1. The van der Waals surface area contributed by atoms with Crippen LogP contribution in [0.4, 0.5) is 0 Å². The molecular formula is C11H23N. The molecule has 0 aliphatic carbocycles. The van der Waals surface area contributed by atoms with E-state index in [1.807, 2.05) is 6.92 Å².